The molecule has 1 aromatic rings. The van der Waals surface area contributed by atoms with Crippen LogP contribution in [0.5, 0.6) is 0 Å². The van der Waals surface area contributed by atoms with Crippen molar-refractivity contribution in [2.45, 2.75) is 5.88 Å². The van der Waals surface area contributed by atoms with E-state index in [-0.39, 0.29) is 0 Å². The van der Waals surface area contributed by atoms with Gasteiger partial charge in [-0.1, -0.05) is 17.7 Å². The average Bonchev–Trinajstić information content (AvgIpc) is 1.95. The lowest BCUT2D eigenvalue weighted by Crippen LogP contribution is -1.87. The van der Waals surface area contributed by atoms with E-state index < -0.39 is 0 Å². The lowest BCUT2D eigenvalue weighted by Gasteiger charge is -1.98. The van der Waals surface area contributed by atoms with Crippen LogP contribution in [0.25, 0.3) is 0 Å². The van der Waals surface area contributed by atoms with Gasteiger partial charge in [0.25, 0.3) is 0 Å². The molecule has 0 unspecified atom stereocenters. The fourth-order valence-electron chi connectivity index (χ4n) is 0.676. The Morgan fingerprint density at radius 3 is 2.60 bits per heavy atom. The Morgan fingerprint density at radius 2 is 2.10 bits per heavy atom. The summed E-state index contributed by atoms with van der Waals surface area (Å²) in [4.78, 5) is 0. The maximum atomic E-state index is 5.67. The molecule has 0 radical (unpaired) electrons. The van der Waals surface area contributed by atoms with E-state index in [1.54, 1.807) is 12.1 Å². The molecule has 0 aliphatic heterocycles. The highest BCUT2D eigenvalue weighted by atomic mass is 35.5. The second-order valence-corrected chi connectivity index (χ2v) is 2.66. The van der Waals surface area contributed by atoms with Gasteiger partial charge in [-0.3, -0.25) is 0 Å². The van der Waals surface area contributed by atoms with E-state index in [2.05, 4.69) is 0 Å². The zero-order valence-corrected chi connectivity index (χ0v) is 6.78. The van der Waals surface area contributed by atoms with Gasteiger partial charge in [0, 0.05) is 5.88 Å². The number of nitrogen functional groups attached to an aromatic ring is 1. The molecule has 2 N–H and O–H groups in total. The summed E-state index contributed by atoms with van der Waals surface area (Å²) in [6, 6.07) is 5.37. The van der Waals surface area contributed by atoms with Crippen LogP contribution in [0.3, 0.4) is 0 Å². The van der Waals surface area contributed by atoms with Crippen LogP contribution in [-0.2, 0) is 5.88 Å². The minimum absolute atomic E-state index is 0.474. The van der Waals surface area contributed by atoms with Gasteiger partial charge in [-0.25, -0.2) is 0 Å². The molecule has 0 heterocycles. The van der Waals surface area contributed by atoms with Gasteiger partial charge in [0.05, 0.1) is 10.7 Å². The molecule has 1 aromatic carbocycles. The molecule has 1 nitrogen and oxygen atoms in total. The van der Waals surface area contributed by atoms with Crippen molar-refractivity contribution in [3.63, 3.8) is 0 Å². The normalized spacial score (nSPS) is 9.80. The van der Waals surface area contributed by atoms with Gasteiger partial charge in [0.15, 0.2) is 0 Å². The predicted molar refractivity (Wildman–Crippen MR) is 45.4 cm³/mol. The summed E-state index contributed by atoms with van der Waals surface area (Å²) in [5.41, 5.74) is 7.08. The van der Waals surface area contributed by atoms with Crippen molar-refractivity contribution in [3.8, 4) is 0 Å². The van der Waals surface area contributed by atoms with Crippen LogP contribution < -0.4 is 5.73 Å². The first kappa shape index (κ1) is 7.70. The highest BCUT2D eigenvalue weighted by Crippen LogP contribution is 2.19. The van der Waals surface area contributed by atoms with Crippen molar-refractivity contribution in [1.29, 1.82) is 0 Å². The number of nitrogens with two attached hydrogens (primary N) is 1. The van der Waals surface area contributed by atoms with Crippen LogP contribution in [-0.4, -0.2) is 0 Å². The average molecular weight is 176 g/mol. The standard InChI is InChI=1S/C7H7Cl2N/c8-4-5-1-2-6(9)7(10)3-5/h1-3H,4,10H2. The Balaban J connectivity index is 3.04. The van der Waals surface area contributed by atoms with Crippen LogP contribution in [0, 0.1) is 0 Å². The van der Waals surface area contributed by atoms with Gasteiger partial charge in [0.2, 0.25) is 0 Å². The Morgan fingerprint density at radius 1 is 1.40 bits per heavy atom. The van der Waals surface area contributed by atoms with E-state index in [0.717, 1.165) is 5.56 Å². The molecule has 10 heavy (non-hydrogen) atoms. The molecule has 0 atom stereocenters. The number of hydrogen-bond donors (Lipinski definition) is 1. The lowest BCUT2D eigenvalue weighted by molar-refractivity contribution is 1.41. The third kappa shape index (κ3) is 1.55. The molecule has 0 aliphatic rings. The van der Waals surface area contributed by atoms with Crippen molar-refractivity contribution in [2.75, 3.05) is 5.73 Å². The first-order valence-electron chi connectivity index (χ1n) is 2.84. The zero-order chi connectivity index (χ0) is 7.56. The quantitative estimate of drug-likeness (QED) is 0.516. The van der Waals surface area contributed by atoms with Gasteiger partial charge in [-0.05, 0) is 17.7 Å². The molecular weight excluding hydrogens is 169 g/mol. The second kappa shape index (κ2) is 3.13. The summed E-state index contributed by atoms with van der Waals surface area (Å²) in [7, 11) is 0. The lowest BCUT2D eigenvalue weighted by atomic mass is 10.2. The van der Waals surface area contributed by atoms with Crippen LogP contribution >= 0.6 is 23.2 Å². The summed E-state index contributed by atoms with van der Waals surface area (Å²) in [6.45, 7) is 0. The summed E-state index contributed by atoms with van der Waals surface area (Å²) in [5.74, 6) is 0.474. The number of halogens is 2. The van der Waals surface area contributed by atoms with Gasteiger partial charge < -0.3 is 5.73 Å². The second-order valence-electron chi connectivity index (χ2n) is 1.99. The summed E-state index contributed by atoms with van der Waals surface area (Å²) < 4.78 is 0. The zero-order valence-electron chi connectivity index (χ0n) is 5.27. The predicted octanol–water partition coefficient (Wildman–Crippen LogP) is 2.66. The minimum atomic E-state index is 0.474. The SMILES string of the molecule is Nc1cc(CCl)ccc1Cl. The minimum Gasteiger partial charge on any atom is -0.398 e. The molecule has 0 aromatic heterocycles. The van der Waals surface area contributed by atoms with Crippen molar-refractivity contribution in [2.24, 2.45) is 0 Å². The first-order chi connectivity index (χ1) is 4.74. The molecule has 0 aliphatic carbocycles. The van der Waals surface area contributed by atoms with Crippen LogP contribution in [0.4, 0.5) is 5.69 Å². The maximum Gasteiger partial charge on any atom is 0.0635 e. The molecule has 0 amide bonds. The van der Waals surface area contributed by atoms with Gasteiger partial charge in [0.1, 0.15) is 0 Å². The Bertz CT molecular complexity index is 235. The fraction of sp³-hybridized carbons (Fsp3) is 0.143. The summed E-state index contributed by atoms with van der Waals surface area (Å²) in [6.07, 6.45) is 0. The Labute approximate surface area is 69.7 Å². The first-order valence-corrected chi connectivity index (χ1v) is 3.75. The largest absolute Gasteiger partial charge is 0.398 e. The molecule has 0 fully saturated rings. The van der Waals surface area contributed by atoms with Crippen molar-refractivity contribution < 1.29 is 0 Å². The summed E-state index contributed by atoms with van der Waals surface area (Å²) in [5, 5.41) is 0.578. The van der Waals surface area contributed by atoms with Crippen LogP contribution in [0.2, 0.25) is 5.02 Å². The van der Waals surface area contributed by atoms with Crippen molar-refractivity contribution in [3.05, 3.63) is 28.8 Å². The molecule has 0 saturated heterocycles. The third-order valence-corrected chi connectivity index (χ3v) is 1.87. The van der Waals surface area contributed by atoms with Crippen LogP contribution in [0.1, 0.15) is 5.56 Å². The molecule has 0 saturated carbocycles. The molecule has 1 rings (SSSR count). The molecular formula is C7H7Cl2N. The fourth-order valence-corrected chi connectivity index (χ4v) is 0.960. The molecule has 0 bridgehead atoms. The Hall–Kier alpha value is -0.400. The molecule has 3 heteroatoms. The monoisotopic (exact) mass is 175 g/mol. The maximum absolute atomic E-state index is 5.67. The summed E-state index contributed by atoms with van der Waals surface area (Å²) >= 11 is 11.2. The van der Waals surface area contributed by atoms with E-state index in [1.807, 2.05) is 6.07 Å². The molecule has 54 valence electrons. The van der Waals surface area contributed by atoms with E-state index in [9.17, 15) is 0 Å². The van der Waals surface area contributed by atoms with Gasteiger partial charge >= 0.3 is 0 Å². The number of hydrogen-bond acceptors (Lipinski definition) is 1. The topological polar surface area (TPSA) is 26.0 Å². The number of anilines is 1. The van der Waals surface area contributed by atoms with Gasteiger partial charge in [-0.15, -0.1) is 11.6 Å². The number of alkyl halides is 1. The van der Waals surface area contributed by atoms with Crippen molar-refractivity contribution >= 4 is 28.9 Å². The van der Waals surface area contributed by atoms with E-state index in [1.165, 1.54) is 0 Å². The van der Waals surface area contributed by atoms with Crippen molar-refractivity contribution in [1.82, 2.24) is 0 Å². The van der Waals surface area contributed by atoms with E-state index >= 15 is 0 Å². The van der Waals surface area contributed by atoms with Gasteiger partial charge in [-0.2, -0.15) is 0 Å². The number of rotatable bonds is 1. The Kier molecular flexibility index (Phi) is 2.41. The smallest absolute Gasteiger partial charge is 0.0635 e. The third-order valence-electron chi connectivity index (χ3n) is 1.21. The van der Waals surface area contributed by atoms with E-state index in [0.29, 0.717) is 16.6 Å². The molecule has 0 spiro atoms. The number of benzene rings is 1. The van der Waals surface area contributed by atoms with E-state index in [4.69, 9.17) is 28.9 Å². The highest BCUT2D eigenvalue weighted by molar-refractivity contribution is 6.33. The highest BCUT2D eigenvalue weighted by Gasteiger charge is 1.95. The van der Waals surface area contributed by atoms with Crippen LogP contribution in [0.15, 0.2) is 18.2 Å².